The van der Waals surface area contributed by atoms with E-state index in [4.69, 9.17) is 0 Å². The second kappa shape index (κ2) is 9.53. The molecule has 1 aliphatic rings. The van der Waals surface area contributed by atoms with Gasteiger partial charge in [-0.15, -0.1) is 12.4 Å². The number of anilines is 1. The van der Waals surface area contributed by atoms with Crippen LogP contribution in [0, 0.1) is 0 Å². The smallest absolute Gasteiger partial charge is 0.241 e. The van der Waals surface area contributed by atoms with Crippen molar-refractivity contribution in [2.75, 3.05) is 18.4 Å². The third-order valence-corrected chi connectivity index (χ3v) is 4.02. The summed E-state index contributed by atoms with van der Waals surface area (Å²) in [6.45, 7) is 5.68. The molecule has 1 heterocycles. The van der Waals surface area contributed by atoms with E-state index in [1.165, 1.54) is 0 Å². The lowest BCUT2D eigenvalue weighted by atomic mass is 10.0. The van der Waals surface area contributed by atoms with E-state index in [-0.39, 0.29) is 30.3 Å². The zero-order valence-corrected chi connectivity index (χ0v) is 14.6. The van der Waals surface area contributed by atoms with Crippen molar-refractivity contribution in [3.63, 3.8) is 0 Å². The molecule has 5 nitrogen and oxygen atoms in total. The van der Waals surface area contributed by atoms with E-state index in [0.717, 1.165) is 37.1 Å². The van der Waals surface area contributed by atoms with Crippen LogP contribution in [0.15, 0.2) is 24.3 Å². The fourth-order valence-electron chi connectivity index (χ4n) is 2.72. The number of carbonyl (C=O) groups is 2. The van der Waals surface area contributed by atoms with Crippen LogP contribution in [0.5, 0.6) is 0 Å². The highest BCUT2D eigenvalue weighted by molar-refractivity contribution is 5.94. The summed E-state index contributed by atoms with van der Waals surface area (Å²) in [5, 5.41) is 6.21. The summed E-state index contributed by atoms with van der Waals surface area (Å²) in [7, 11) is 0. The van der Waals surface area contributed by atoms with Crippen LogP contribution in [-0.4, -0.2) is 35.8 Å². The topological polar surface area (TPSA) is 61.4 Å². The summed E-state index contributed by atoms with van der Waals surface area (Å²) >= 11 is 0. The first-order valence-corrected chi connectivity index (χ1v) is 7.99. The van der Waals surface area contributed by atoms with Crippen LogP contribution in [-0.2, 0) is 16.1 Å². The molecule has 1 aromatic rings. The Morgan fingerprint density at radius 3 is 2.74 bits per heavy atom. The minimum absolute atomic E-state index is 0. The van der Waals surface area contributed by atoms with Gasteiger partial charge in [0.15, 0.2) is 0 Å². The Labute approximate surface area is 144 Å². The molecule has 0 unspecified atom stereocenters. The Balaban J connectivity index is 0.00000264. The number of carbonyl (C=O) groups excluding carboxylic acids is 2. The van der Waals surface area contributed by atoms with Crippen molar-refractivity contribution in [2.45, 2.75) is 45.7 Å². The second-order valence-corrected chi connectivity index (χ2v) is 5.73. The van der Waals surface area contributed by atoms with E-state index in [1.807, 2.05) is 31.2 Å². The molecule has 6 heteroatoms. The molecular formula is C17H26ClN3O2. The number of rotatable bonds is 5. The molecule has 2 N–H and O–H groups in total. The van der Waals surface area contributed by atoms with Gasteiger partial charge >= 0.3 is 0 Å². The Hall–Kier alpha value is -1.59. The summed E-state index contributed by atoms with van der Waals surface area (Å²) in [5.41, 5.74) is 1.81. The summed E-state index contributed by atoms with van der Waals surface area (Å²) in [5.74, 6) is 0.0825. The fraction of sp³-hybridized carbons (Fsp3) is 0.529. The van der Waals surface area contributed by atoms with Gasteiger partial charge in [-0.3, -0.25) is 9.59 Å². The molecule has 0 aliphatic carbocycles. The normalized spacial score (nSPS) is 17.0. The number of hydrogen-bond donors (Lipinski definition) is 2. The zero-order chi connectivity index (χ0) is 15.9. The molecule has 0 aromatic heterocycles. The fourth-order valence-corrected chi connectivity index (χ4v) is 2.72. The first-order chi connectivity index (χ1) is 10.6. The molecule has 1 aliphatic heterocycles. The van der Waals surface area contributed by atoms with Gasteiger partial charge in [-0.25, -0.2) is 0 Å². The van der Waals surface area contributed by atoms with E-state index < -0.39 is 0 Å². The van der Waals surface area contributed by atoms with E-state index in [9.17, 15) is 9.59 Å². The first kappa shape index (κ1) is 19.5. The highest BCUT2D eigenvalue weighted by Crippen LogP contribution is 2.15. The third-order valence-electron chi connectivity index (χ3n) is 4.02. The quantitative estimate of drug-likeness (QED) is 0.866. The average Bonchev–Trinajstić information content (AvgIpc) is 2.53. The van der Waals surface area contributed by atoms with Crippen molar-refractivity contribution < 1.29 is 9.59 Å². The third kappa shape index (κ3) is 5.84. The Bertz CT molecular complexity index is 530. The Morgan fingerprint density at radius 1 is 1.35 bits per heavy atom. The molecule has 0 radical (unpaired) electrons. The van der Waals surface area contributed by atoms with Crippen LogP contribution in [0.25, 0.3) is 0 Å². The van der Waals surface area contributed by atoms with Crippen LogP contribution < -0.4 is 10.6 Å². The molecule has 1 fully saturated rings. The highest BCUT2D eigenvalue weighted by atomic mass is 35.5. The molecule has 2 rings (SSSR count). The van der Waals surface area contributed by atoms with Gasteiger partial charge in [-0.05, 0) is 44.0 Å². The molecule has 0 spiro atoms. The predicted molar refractivity (Wildman–Crippen MR) is 94.7 cm³/mol. The van der Waals surface area contributed by atoms with Gasteiger partial charge in [0.25, 0.3) is 0 Å². The maximum atomic E-state index is 12.2. The largest absolute Gasteiger partial charge is 0.339 e. The number of nitrogens with one attached hydrogen (secondary N) is 2. The van der Waals surface area contributed by atoms with Gasteiger partial charge in [0.05, 0.1) is 6.04 Å². The number of hydrogen-bond acceptors (Lipinski definition) is 3. The molecule has 128 valence electrons. The Morgan fingerprint density at radius 2 is 2.13 bits per heavy atom. The predicted octanol–water partition coefficient (Wildman–Crippen LogP) is 2.56. The lowest BCUT2D eigenvalue weighted by Crippen LogP contribution is -2.43. The van der Waals surface area contributed by atoms with Crippen molar-refractivity contribution in [3.8, 4) is 0 Å². The number of benzene rings is 1. The van der Waals surface area contributed by atoms with Crippen molar-refractivity contribution in [2.24, 2.45) is 0 Å². The molecule has 0 saturated carbocycles. The maximum Gasteiger partial charge on any atom is 0.241 e. The van der Waals surface area contributed by atoms with Gasteiger partial charge in [-0.2, -0.15) is 0 Å². The van der Waals surface area contributed by atoms with Crippen molar-refractivity contribution in [1.29, 1.82) is 0 Å². The zero-order valence-electron chi connectivity index (χ0n) is 13.8. The van der Waals surface area contributed by atoms with Crippen LogP contribution in [0.1, 0.15) is 38.7 Å². The molecular weight excluding hydrogens is 314 g/mol. The minimum Gasteiger partial charge on any atom is -0.339 e. The summed E-state index contributed by atoms with van der Waals surface area (Å²) in [6, 6.07) is 7.61. The number of amides is 2. The molecule has 1 atom stereocenters. The van der Waals surface area contributed by atoms with E-state index in [0.29, 0.717) is 13.1 Å². The van der Waals surface area contributed by atoms with Crippen LogP contribution in [0.3, 0.4) is 0 Å². The molecule has 0 bridgehead atoms. The van der Waals surface area contributed by atoms with E-state index >= 15 is 0 Å². The molecule has 23 heavy (non-hydrogen) atoms. The number of piperidine rings is 1. The lowest BCUT2D eigenvalue weighted by Gasteiger charge is -2.23. The number of halogens is 1. The van der Waals surface area contributed by atoms with Gasteiger partial charge < -0.3 is 15.5 Å². The van der Waals surface area contributed by atoms with Crippen LogP contribution >= 0.6 is 12.4 Å². The minimum atomic E-state index is -0.0956. The summed E-state index contributed by atoms with van der Waals surface area (Å²) in [4.78, 5) is 25.5. The van der Waals surface area contributed by atoms with Crippen molar-refractivity contribution in [3.05, 3.63) is 29.8 Å². The highest BCUT2D eigenvalue weighted by Gasteiger charge is 2.20. The summed E-state index contributed by atoms with van der Waals surface area (Å²) in [6.07, 6.45) is 3.12. The molecule has 2 amide bonds. The standard InChI is InChI=1S/C17H25N3O2.ClH/c1-3-20(13(2)21)12-14-7-6-8-15(11-14)19-17(22)16-9-4-5-10-18-16;/h6-8,11,16,18H,3-5,9-10,12H2,1-2H3,(H,19,22);1H/t16-;/m0./s1. The lowest BCUT2D eigenvalue weighted by molar-refractivity contribution is -0.129. The SMILES string of the molecule is CCN(Cc1cccc(NC(=O)[C@@H]2CCCCN2)c1)C(C)=O.Cl. The average molecular weight is 340 g/mol. The Kier molecular flexibility index (Phi) is 8.06. The van der Waals surface area contributed by atoms with Crippen molar-refractivity contribution >= 4 is 29.9 Å². The van der Waals surface area contributed by atoms with Gasteiger partial charge in [-0.1, -0.05) is 18.6 Å². The second-order valence-electron chi connectivity index (χ2n) is 5.73. The molecule has 1 saturated heterocycles. The van der Waals surface area contributed by atoms with Crippen LogP contribution in [0.4, 0.5) is 5.69 Å². The number of nitrogens with zero attached hydrogens (tertiary/aromatic N) is 1. The van der Waals surface area contributed by atoms with Gasteiger partial charge in [0.2, 0.25) is 11.8 Å². The van der Waals surface area contributed by atoms with E-state index in [2.05, 4.69) is 10.6 Å². The monoisotopic (exact) mass is 339 g/mol. The van der Waals surface area contributed by atoms with E-state index in [1.54, 1.807) is 11.8 Å². The summed E-state index contributed by atoms with van der Waals surface area (Å²) < 4.78 is 0. The molecule has 1 aromatic carbocycles. The maximum absolute atomic E-state index is 12.2. The first-order valence-electron chi connectivity index (χ1n) is 7.99. The van der Waals surface area contributed by atoms with Gasteiger partial charge in [0, 0.05) is 25.7 Å². The van der Waals surface area contributed by atoms with Crippen molar-refractivity contribution in [1.82, 2.24) is 10.2 Å². The van der Waals surface area contributed by atoms with Gasteiger partial charge in [0.1, 0.15) is 0 Å². The van der Waals surface area contributed by atoms with Crippen LogP contribution in [0.2, 0.25) is 0 Å².